The van der Waals surface area contributed by atoms with Gasteiger partial charge in [-0.25, -0.2) is 8.42 Å². The van der Waals surface area contributed by atoms with Crippen molar-refractivity contribution in [2.75, 3.05) is 5.75 Å². The van der Waals surface area contributed by atoms with Crippen molar-refractivity contribution in [3.8, 4) is 0 Å². The minimum Gasteiger partial charge on any atom is -0.349 e. The molecule has 0 bridgehead atoms. The molecular weight excluding hydrogens is 368 g/mol. The number of rotatable bonds is 4. The van der Waals surface area contributed by atoms with E-state index >= 15 is 0 Å². The molecule has 0 saturated carbocycles. The van der Waals surface area contributed by atoms with Crippen molar-refractivity contribution in [2.45, 2.75) is 19.0 Å². The zero-order valence-electron chi connectivity index (χ0n) is 11.7. The van der Waals surface area contributed by atoms with Gasteiger partial charge in [0.1, 0.15) is 0 Å². The molecule has 1 aliphatic heterocycles. The van der Waals surface area contributed by atoms with E-state index < -0.39 is 15.9 Å². The van der Waals surface area contributed by atoms with Crippen molar-refractivity contribution in [3.63, 3.8) is 0 Å². The van der Waals surface area contributed by atoms with Gasteiger partial charge >= 0.3 is 0 Å². The maximum Gasteiger partial charge on any atom is 0.222 e. The molecule has 1 amide bonds. The fourth-order valence-corrected chi connectivity index (χ4v) is 4.27. The molecule has 1 aromatic carbocycles. The molecule has 0 spiro atoms. The molecule has 2 aromatic rings. The minimum absolute atomic E-state index is 0.0435. The third-order valence-electron chi connectivity index (χ3n) is 3.62. The first-order valence-corrected chi connectivity index (χ1v) is 9.39. The SMILES string of the molecule is O=C(CCn1ccc2c(Br)cccc21)N[C@@H]1C=CS(=O)(=O)C1. The van der Waals surface area contributed by atoms with Crippen molar-refractivity contribution < 1.29 is 13.2 Å². The zero-order valence-corrected chi connectivity index (χ0v) is 14.1. The molecule has 1 aromatic heterocycles. The number of aromatic nitrogens is 1. The largest absolute Gasteiger partial charge is 0.349 e. The first-order valence-electron chi connectivity index (χ1n) is 6.88. The van der Waals surface area contributed by atoms with Crippen LogP contribution in [0.25, 0.3) is 10.9 Å². The summed E-state index contributed by atoms with van der Waals surface area (Å²) < 4.78 is 25.6. The molecule has 1 N–H and O–H groups in total. The number of hydrogen-bond donors (Lipinski definition) is 1. The second-order valence-electron chi connectivity index (χ2n) is 5.26. The van der Waals surface area contributed by atoms with Crippen LogP contribution in [-0.2, 0) is 21.2 Å². The van der Waals surface area contributed by atoms with Gasteiger partial charge in [-0.2, -0.15) is 0 Å². The van der Waals surface area contributed by atoms with Crippen LogP contribution in [0.3, 0.4) is 0 Å². The van der Waals surface area contributed by atoms with Gasteiger partial charge in [0.15, 0.2) is 9.84 Å². The minimum atomic E-state index is -3.14. The highest BCUT2D eigenvalue weighted by molar-refractivity contribution is 9.10. The number of fused-ring (bicyclic) bond motifs is 1. The molecule has 0 saturated heterocycles. The summed E-state index contributed by atoms with van der Waals surface area (Å²) in [6, 6.07) is 7.53. The van der Waals surface area contributed by atoms with E-state index in [1.807, 2.05) is 35.0 Å². The molecule has 2 heterocycles. The van der Waals surface area contributed by atoms with Crippen molar-refractivity contribution in [1.29, 1.82) is 0 Å². The number of carbonyl (C=O) groups excluding carboxylic acids is 1. The Morgan fingerprint density at radius 2 is 2.18 bits per heavy atom. The third-order valence-corrected chi connectivity index (χ3v) is 5.70. The van der Waals surface area contributed by atoms with Gasteiger partial charge in [-0.3, -0.25) is 4.79 Å². The zero-order chi connectivity index (χ0) is 15.7. The summed E-state index contributed by atoms with van der Waals surface area (Å²) in [4.78, 5) is 11.9. The normalized spacial score (nSPS) is 19.6. The number of nitrogens with zero attached hydrogens (tertiary/aromatic N) is 1. The molecule has 116 valence electrons. The highest BCUT2D eigenvalue weighted by Gasteiger charge is 2.22. The Hall–Kier alpha value is -1.60. The van der Waals surface area contributed by atoms with E-state index in [0.29, 0.717) is 13.0 Å². The van der Waals surface area contributed by atoms with Gasteiger partial charge in [0.25, 0.3) is 0 Å². The number of carbonyl (C=O) groups is 1. The Morgan fingerprint density at radius 3 is 2.91 bits per heavy atom. The molecule has 0 fully saturated rings. The fourth-order valence-electron chi connectivity index (χ4n) is 2.55. The molecule has 7 heteroatoms. The summed E-state index contributed by atoms with van der Waals surface area (Å²) in [7, 11) is -3.14. The smallest absolute Gasteiger partial charge is 0.222 e. The van der Waals surface area contributed by atoms with Crippen LogP contribution in [0.15, 0.2) is 46.4 Å². The average Bonchev–Trinajstić information content (AvgIpc) is 3.01. The van der Waals surface area contributed by atoms with E-state index in [0.717, 1.165) is 20.8 Å². The quantitative estimate of drug-likeness (QED) is 0.881. The lowest BCUT2D eigenvalue weighted by molar-refractivity contribution is -0.121. The monoisotopic (exact) mass is 382 g/mol. The van der Waals surface area contributed by atoms with Crippen molar-refractivity contribution >= 4 is 42.6 Å². The van der Waals surface area contributed by atoms with Gasteiger partial charge in [0, 0.05) is 39.9 Å². The highest BCUT2D eigenvalue weighted by Crippen LogP contribution is 2.24. The van der Waals surface area contributed by atoms with Crippen LogP contribution in [0, 0.1) is 0 Å². The van der Waals surface area contributed by atoms with Crippen molar-refractivity contribution in [1.82, 2.24) is 9.88 Å². The Bertz CT molecular complexity index is 855. The molecule has 22 heavy (non-hydrogen) atoms. The van der Waals surface area contributed by atoms with Crippen LogP contribution in [-0.4, -0.2) is 30.7 Å². The summed E-state index contributed by atoms with van der Waals surface area (Å²) in [5, 5.41) is 4.99. The Kier molecular flexibility index (Phi) is 4.10. The molecule has 5 nitrogen and oxygen atoms in total. The summed E-state index contributed by atoms with van der Waals surface area (Å²) in [6.45, 7) is 0.551. The highest BCUT2D eigenvalue weighted by atomic mass is 79.9. The predicted octanol–water partition coefficient (Wildman–Crippen LogP) is 2.22. The topological polar surface area (TPSA) is 68.2 Å². The van der Waals surface area contributed by atoms with Gasteiger partial charge in [0.05, 0.1) is 11.8 Å². The molecule has 1 atom stereocenters. The molecule has 0 unspecified atom stereocenters. The van der Waals surface area contributed by atoms with E-state index in [2.05, 4.69) is 21.2 Å². The second-order valence-corrected chi connectivity index (χ2v) is 8.05. The van der Waals surface area contributed by atoms with Crippen LogP contribution in [0.4, 0.5) is 0 Å². The van der Waals surface area contributed by atoms with Crippen LogP contribution < -0.4 is 5.32 Å². The van der Waals surface area contributed by atoms with Crippen LogP contribution >= 0.6 is 15.9 Å². The third kappa shape index (κ3) is 3.25. The van der Waals surface area contributed by atoms with Crippen LogP contribution in [0.2, 0.25) is 0 Å². The number of hydrogen-bond acceptors (Lipinski definition) is 3. The van der Waals surface area contributed by atoms with Gasteiger partial charge in [-0.15, -0.1) is 0 Å². The van der Waals surface area contributed by atoms with Crippen LogP contribution in [0.1, 0.15) is 6.42 Å². The second kappa shape index (κ2) is 5.89. The fraction of sp³-hybridized carbons (Fsp3) is 0.267. The van der Waals surface area contributed by atoms with E-state index in [1.165, 1.54) is 6.08 Å². The summed E-state index contributed by atoms with van der Waals surface area (Å²) in [6.07, 6.45) is 3.78. The Labute approximate surface area is 137 Å². The molecule has 3 rings (SSSR count). The first-order chi connectivity index (χ1) is 10.4. The Morgan fingerprint density at radius 1 is 1.36 bits per heavy atom. The number of benzene rings is 1. The maximum atomic E-state index is 11.9. The van der Waals surface area contributed by atoms with Gasteiger partial charge in [-0.1, -0.05) is 22.0 Å². The maximum absolute atomic E-state index is 11.9. The average molecular weight is 383 g/mol. The number of sulfone groups is 1. The van der Waals surface area contributed by atoms with Gasteiger partial charge in [-0.05, 0) is 24.3 Å². The molecule has 0 radical (unpaired) electrons. The number of halogens is 1. The summed E-state index contributed by atoms with van der Waals surface area (Å²) in [5.41, 5.74) is 1.06. The van der Waals surface area contributed by atoms with E-state index in [4.69, 9.17) is 0 Å². The number of aryl methyl sites for hydroxylation is 1. The number of nitrogens with one attached hydrogen (secondary N) is 1. The molecular formula is C15H15BrN2O3S. The number of amides is 1. The van der Waals surface area contributed by atoms with Gasteiger partial charge < -0.3 is 9.88 Å². The lowest BCUT2D eigenvalue weighted by Gasteiger charge is -2.11. The Balaban J connectivity index is 1.61. The lowest BCUT2D eigenvalue weighted by Crippen LogP contribution is -2.35. The molecule has 1 aliphatic rings. The summed E-state index contributed by atoms with van der Waals surface area (Å²) >= 11 is 3.50. The van der Waals surface area contributed by atoms with Crippen molar-refractivity contribution in [2.24, 2.45) is 0 Å². The summed E-state index contributed by atoms with van der Waals surface area (Å²) in [5.74, 6) is -0.193. The van der Waals surface area contributed by atoms with E-state index in [1.54, 1.807) is 0 Å². The van der Waals surface area contributed by atoms with E-state index in [-0.39, 0.29) is 11.7 Å². The first kappa shape index (κ1) is 15.3. The van der Waals surface area contributed by atoms with E-state index in [9.17, 15) is 13.2 Å². The predicted molar refractivity (Wildman–Crippen MR) is 89.1 cm³/mol. The van der Waals surface area contributed by atoms with Crippen LogP contribution in [0.5, 0.6) is 0 Å². The van der Waals surface area contributed by atoms with Crippen molar-refractivity contribution in [3.05, 3.63) is 46.4 Å². The standard InChI is InChI=1S/C15H15BrN2O3S/c16-13-2-1-3-14-12(13)4-7-18(14)8-5-15(19)17-11-6-9-22(20,21)10-11/h1-4,6-7,9,11H,5,8,10H2,(H,17,19)/t11-/m1/s1. The molecule has 0 aliphatic carbocycles. The van der Waals surface area contributed by atoms with Gasteiger partial charge in [0.2, 0.25) is 5.91 Å². The lowest BCUT2D eigenvalue weighted by atomic mass is 10.2.